The van der Waals surface area contributed by atoms with E-state index < -0.39 is 15.7 Å². The SMILES string of the molecule is CCCCn1nc(C(=O)Nc2cc(S(C)(=O)=O)ccc2C)ccc1=O. The van der Waals surface area contributed by atoms with Crippen LogP contribution in [-0.2, 0) is 16.4 Å². The number of sulfone groups is 1. The van der Waals surface area contributed by atoms with E-state index in [9.17, 15) is 18.0 Å². The number of carbonyl (C=O) groups excluding carboxylic acids is 1. The van der Waals surface area contributed by atoms with E-state index in [-0.39, 0.29) is 16.1 Å². The number of hydrogen-bond donors (Lipinski definition) is 1. The second-order valence-electron chi connectivity index (χ2n) is 5.84. The molecular weight excluding hydrogens is 342 g/mol. The summed E-state index contributed by atoms with van der Waals surface area (Å²) in [4.78, 5) is 24.3. The van der Waals surface area contributed by atoms with Crippen molar-refractivity contribution in [3.05, 3.63) is 51.9 Å². The van der Waals surface area contributed by atoms with Crippen LogP contribution in [0.2, 0.25) is 0 Å². The molecule has 134 valence electrons. The van der Waals surface area contributed by atoms with Crippen LogP contribution >= 0.6 is 0 Å². The smallest absolute Gasteiger partial charge is 0.276 e. The number of carbonyl (C=O) groups is 1. The number of aryl methyl sites for hydroxylation is 2. The van der Waals surface area contributed by atoms with Gasteiger partial charge in [-0.05, 0) is 37.1 Å². The lowest BCUT2D eigenvalue weighted by molar-refractivity contribution is 0.101. The summed E-state index contributed by atoms with van der Waals surface area (Å²) in [5.74, 6) is -0.501. The maximum Gasteiger partial charge on any atom is 0.276 e. The predicted octanol–water partition coefficient (Wildman–Crippen LogP) is 2.01. The van der Waals surface area contributed by atoms with Gasteiger partial charge in [-0.2, -0.15) is 5.10 Å². The van der Waals surface area contributed by atoms with E-state index in [0.29, 0.717) is 12.2 Å². The number of nitrogens with one attached hydrogen (secondary N) is 1. The Morgan fingerprint density at radius 3 is 2.60 bits per heavy atom. The Morgan fingerprint density at radius 1 is 1.24 bits per heavy atom. The Bertz CT molecular complexity index is 949. The molecule has 1 amide bonds. The first kappa shape index (κ1) is 18.9. The number of benzene rings is 1. The van der Waals surface area contributed by atoms with Crippen LogP contribution in [0.15, 0.2) is 40.0 Å². The molecule has 1 aromatic heterocycles. The third-order valence-corrected chi connectivity index (χ3v) is 4.82. The summed E-state index contributed by atoms with van der Waals surface area (Å²) in [5.41, 5.74) is 0.946. The van der Waals surface area contributed by atoms with E-state index in [0.717, 1.165) is 24.7 Å². The zero-order valence-corrected chi connectivity index (χ0v) is 15.3. The first-order valence-corrected chi connectivity index (χ1v) is 9.81. The van der Waals surface area contributed by atoms with Crippen LogP contribution in [0.1, 0.15) is 35.8 Å². The number of anilines is 1. The zero-order chi connectivity index (χ0) is 18.6. The molecule has 0 spiro atoms. The monoisotopic (exact) mass is 363 g/mol. The molecule has 0 aliphatic heterocycles. The second kappa shape index (κ2) is 7.60. The van der Waals surface area contributed by atoms with Crippen LogP contribution in [0.3, 0.4) is 0 Å². The summed E-state index contributed by atoms with van der Waals surface area (Å²) in [6.07, 6.45) is 2.80. The molecule has 0 unspecified atom stereocenters. The number of rotatable bonds is 6. The molecule has 0 atom stereocenters. The molecule has 0 saturated carbocycles. The van der Waals surface area contributed by atoms with Gasteiger partial charge in [-0.25, -0.2) is 13.1 Å². The second-order valence-corrected chi connectivity index (χ2v) is 7.85. The van der Waals surface area contributed by atoms with E-state index >= 15 is 0 Å². The average molecular weight is 363 g/mol. The highest BCUT2D eigenvalue weighted by Crippen LogP contribution is 2.20. The van der Waals surface area contributed by atoms with Crippen molar-refractivity contribution in [3.8, 4) is 0 Å². The van der Waals surface area contributed by atoms with Crippen LogP contribution in [0, 0.1) is 6.92 Å². The topological polar surface area (TPSA) is 98.1 Å². The summed E-state index contributed by atoms with van der Waals surface area (Å²) in [7, 11) is -3.38. The van der Waals surface area contributed by atoms with Crippen molar-refractivity contribution in [3.63, 3.8) is 0 Å². The highest BCUT2D eigenvalue weighted by Gasteiger charge is 2.14. The van der Waals surface area contributed by atoms with Gasteiger partial charge in [0.15, 0.2) is 9.84 Å². The fourth-order valence-corrected chi connectivity index (χ4v) is 2.84. The molecule has 8 heteroatoms. The van der Waals surface area contributed by atoms with Gasteiger partial charge in [0.25, 0.3) is 11.5 Å². The minimum absolute atomic E-state index is 0.0971. The molecule has 0 bridgehead atoms. The summed E-state index contributed by atoms with van der Waals surface area (Å²) in [6, 6.07) is 7.19. The van der Waals surface area contributed by atoms with Gasteiger partial charge >= 0.3 is 0 Å². The van der Waals surface area contributed by atoms with Crippen molar-refractivity contribution in [2.45, 2.75) is 38.1 Å². The molecule has 1 aromatic carbocycles. The standard InChI is InChI=1S/C17H21N3O4S/c1-4-5-10-20-16(21)9-8-14(19-20)17(22)18-15-11-13(25(3,23)24)7-6-12(15)2/h6-9,11H,4-5,10H2,1-3H3,(H,18,22). The van der Waals surface area contributed by atoms with Crippen molar-refractivity contribution < 1.29 is 13.2 Å². The Balaban J connectivity index is 2.30. The van der Waals surface area contributed by atoms with Crippen LogP contribution < -0.4 is 10.9 Å². The minimum atomic E-state index is -3.38. The normalized spacial score (nSPS) is 11.3. The van der Waals surface area contributed by atoms with Crippen LogP contribution in [0.5, 0.6) is 0 Å². The van der Waals surface area contributed by atoms with Crippen LogP contribution in [0.4, 0.5) is 5.69 Å². The first-order valence-electron chi connectivity index (χ1n) is 7.92. The van der Waals surface area contributed by atoms with Gasteiger partial charge in [0.1, 0.15) is 5.69 Å². The third kappa shape index (κ3) is 4.76. The number of nitrogens with zero attached hydrogens (tertiary/aromatic N) is 2. The summed E-state index contributed by atoms with van der Waals surface area (Å²) in [5, 5.41) is 6.74. The first-order chi connectivity index (χ1) is 11.7. The summed E-state index contributed by atoms with van der Waals surface area (Å²) in [6.45, 7) is 4.20. The van der Waals surface area contributed by atoms with E-state index in [2.05, 4.69) is 10.4 Å². The van der Waals surface area contributed by atoms with Gasteiger partial charge < -0.3 is 5.32 Å². The lowest BCUT2D eigenvalue weighted by Crippen LogP contribution is -2.26. The maximum absolute atomic E-state index is 12.4. The summed E-state index contributed by atoms with van der Waals surface area (Å²) >= 11 is 0. The summed E-state index contributed by atoms with van der Waals surface area (Å²) < 4.78 is 24.6. The van der Waals surface area contributed by atoms with Crippen molar-refractivity contribution in [1.29, 1.82) is 0 Å². The quantitative estimate of drug-likeness (QED) is 0.846. The van der Waals surface area contributed by atoms with Crippen molar-refractivity contribution in [2.24, 2.45) is 0 Å². The van der Waals surface area contributed by atoms with Crippen LogP contribution in [-0.4, -0.2) is 30.4 Å². The van der Waals surface area contributed by atoms with Gasteiger partial charge in [0, 0.05) is 24.6 Å². The molecule has 7 nitrogen and oxygen atoms in total. The highest BCUT2D eigenvalue weighted by molar-refractivity contribution is 7.90. The Labute approximate surface area is 146 Å². The fraction of sp³-hybridized carbons (Fsp3) is 0.353. The molecule has 2 aromatic rings. The molecule has 2 rings (SSSR count). The molecule has 0 fully saturated rings. The molecule has 0 aliphatic carbocycles. The van der Waals surface area contributed by atoms with Gasteiger partial charge in [0.2, 0.25) is 0 Å². The van der Waals surface area contributed by atoms with Gasteiger partial charge in [0.05, 0.1) is 4.90 Å². The number of hydrogen-bond acceptors (Lipinski definition) is 5. The zero-order valence-electron chi connectivity index (χ0n) is 14.4. The van der Waals surface area contributed by atoms with Crippen molar-refractivity contribution >= 4 is 21.4 Å². The van der Waals surface area contributed by atoms with Gasteiger partial charge in [-0.1, -0.05) is 19.4 Å². The average Bonchev–Trinajstić information content (AvgIpc) is 2.55. The van der Waals surface area contributed by atoms with Gasteiger partial charge in [-0.3, -0.25) is 9.59 Å². The molecule has 1 N–H and O–H groups in total. The number of aromatic nitrogens is 2. The number of amides is 1. The molecule has 0 aliphatic rings. The Morgan fingerprint density at radius 2 is 1.96 bits per heavy atom. The molecule has 0 saturated heterocycles. The molecule has 1 heterocycles. The number of unbranched alkanes of at least 4 members (excludes halogenated alkanes) is 1. The Kier molecular flexibility index (Phi) is 5.73. The lowest BCUT2D eigenvalue weighted by Gasteiger charge is -2.11. The largest absolute Gasteiger partial charge is 0.320 e. The molecular formula is C17H21N3O4S. The van der Waals surface area contributed by atoms with Crippen molar-refractivity contribution in [2.75, 3.05) is 11.6 Å². The molecule has 0 radical (unpaired) electrons. The third-order valence-electron chi connectivity index (χ3n) is 3.71. The van der Waals surface area contributed by atoms with E-state index in [1.807, 2.05) is 6.92 Å². The maximum atomic E-state index is 12.4. The Hall–Kier alpha value is -2.48. The van der Waals surface area contributed by atoms with E-state index in [4.69, 9.17) is 0 Å². The minimum Gasteiger partial charge on any atom is -0.320 e. The van der Waals surface area contributed by atoms with Crippen molar-refractivity contribution in [1.82, 2.24) is 9.78 Å². The lowest BCUT2D eigenvalue weighted by atomic mass is 10.2. The van der Waals surface area contributed by atoms with Gasteiger partial charge in [-0.15, -0.1) is 0 Å². The predicted molar refractivity (Wildman–Crippen MR) is 95.6 cm³/mol. The van der Waals surface area contributed by atoms with E-state index in [1.165, 1.54) is 28.9 Å². The van der Waals surface area contributed by atoms with Crippen LogP contribution in [0.25, 0.3) is 0 Å². The fourth-order valence-electron chi connectivity index (χ4n) is 2.19. The molecule has 25 heavy (non-hydrogen) atoms. The van der Waals surface area contributed by atoms with E-state index in [1.54, 1.807) is 13.0 Å². The highest BCUT2D eigenvalue weighted by atomic mass is 32.2.